The second kappa shape index (κ2) is 39.1. The fraction of sp³-hybridized carbons (Fsp3) is 0.469. The Morgan fingerprint density at radius 2 is 0.879 bits per heavy atom. The van der Waals surface area contributed by atoms with Crippen LogP contribution < -0.4 is 20.2 Å². The highest BCUT2D eigenvalue weighted by Gasteiger charge is 2.64. The Morgan fingerprint density at radius 3 is 1.27 bits per heavy atom. The van der Waals surface area contributed by atoms with Crippen LogP contribution >= 0.6 is 88.5 Å². The maximum Gasteiger partial charge on any atom is 0.505 e. The van der Waals surface area contributed by atoms with Crippen molar-refractivity contribution < 1.29 is 37.2 Å². The molecule has 4 N–H and O–H groups in total. The van der Waals surface area contributed by atoms with Gasteiger partial charge in [-0.15, -0.1) is 68.7 Å². The number of nitrogens with zero attached hydrogens (tertiary/aromatic N) is 11. The molecule has 2 saturated carbocycles. The first-order valence-electron chi connectivity index (χ1n) is 37.9. The Bertz CT molecular complexity index is 4980. The number of anilines is 4. The number of aromatic nitrogens is 8. The van der Waals surface area contributed by atoms with Gasteiger partial charge in [0.1, 0.15) is 8.07 Å². The first kappa shape index (κ1) is 92.3. The molecule has 0 radical (unpaired) electrons. The summed E-state index contributed by atoms with van der Waals surface area (Å²) in [6.45, 7) is 39.1. The van der Waals surface area contributed by atoms with Crippen molar-refractivity contribution in [3.8, 4) is 64.9 Å². The second-order valence-corrected chi connectivity index (χ2v) is 45.6. The van der Waals surface area contributed by atoms with Crippen LogP contribution in [0.25, 0.3) is 10.7 Å². The normalized spacial score (nSPS) is 18.1. The Balaban J connectivity index is 0.000000159. The van der Waals surface area contributed by atoms with Gasteiger partial charge in [0.15, 0.2) is 33.8 Å². The summed E-state index contributed by atoms with van der Waals surface area (Å²) in [5.41, 5.74) is 4.36. The summed E-state index contributed by atoms with van der Waals surface area (Å²) in [7, 11) is -3.02. The molecule has 4 saturated heterocycles. The van der Waals surface area contributed by atoms with Gasteiger partial charge in [-0.3, -0.25) is 10.2 Å². The molecule has 604 valence electrons. The van der Waals surface area contributed by atoms with Crippen molar-refractivity contribution in [2.45, 2.75) is 245 Å². The lowest BCUT2D eigenvalue weighted by Gasteiger charge is -2.32. The van der Waals surface area contributed by atoms with E-state index in [1.165, 1.54) is 42.7 Å². The summed E-state index contributed by atoms with van der Waals surface area (Å²) in [6.07, 6.45) is 16.2. The highest BCUT2D eigenvalue weighted by atomic mass is 79.9. The summed E-state index contributed by atoms with van der Waals surface area (Å²) in [5.74, 6) is 10.3. The SMILES string of the molecule is C#Cc1cnc(-c2ccc(CC#N)s2)nc1Nc1cc(C2CC2)[nH]n1.CC1(C)OB(B2OC(C)(C)C(C)(C)O2)OC1(C)C.CC1(C)OB(c2ccc(CC#N)s2)OC1(C)C.CC1(C)OB(c2ccc(CC#N)s2)OC1(C)C.C[Si](C)(C)C#Cc1cnc(Br)nc1Nc1cc(C2CC2)[nH]n1.N#CCc1ccc(Br)s1.N#CCc1cccs1. The Labute approximate surface area is 722 Å². The molecule has 0 aromatic carbocycles. The van der Waals surface area contributed by atoms with Crippen LogP contribution in [0.2, 0.25) is 19.6 Å². The van der Waals surface area contributed by atoms with Crippen molar-refractivity contribution in [3.63, 3.8) is 0 Å². The molecule has 23 nitrogen and oxygen atoms in total. The molecule has 2 aliphatic carbocycles. The van der Waals surface area contributed by atoms with E-state index in [-0.39, 0.29) is 59.0 Å². The fourth-order valence-electron chi connectivity index (χ4n) is 10.7. The van der Waals surface area contributed by atoms with Crippen LogP contribution in [0.3, 0.4) is 0 Å². The molecule has 0 atom stereocenters. The molecule has 15 rings (SSSR count). The zero-order valence-electron chi connectivity index (χ0n) is 69.0. The number of aromatic amines is 2. The van der Waals surface area contributed by atoms with Gasteiger partial charge in [-0.2, -0.15) is 36.5 Å². The third-order valence-corrected chi connectivity index (χ3v) is 27.5. The van der Waals surface area contributed by atoms with Gasteiger partial charge in [0.2, 0.25) is 0 Å². The van der Waals surface area contributed by atoms with Crippen molar-refractivity contribution in [2.24, 2.45) is 0 Å². The average Bonchev–Trinajstić information content (AvgIpc) is 1.61. The van der Waals surface area contributed by atoms with Crippen molar-refractivity contribution in [1.82, 2.24) is 40.3 Å². The zero-order valence-corrected chi connectivity index (χ0v) is 77.3. The van der Waals surface area contributed by atoms with Crippen LogP contribution in [0.1, 0.15) is 195 Å². The molecule has 9 aromatic heterocycles. The van der Waals surface area contributed by atoms with E-state index in [0.717, 1.165) is 59.7 Å². The molecule has 13 heterocycles. The smallest absolute Gasteiger partial charge is 0.405 e. The van der Waals surface area contributed by atoms with E-state index in [2.05, 4.69) is 150 Å². The summed E-state index contributed by atoms with van der Waals surface area (Å²) >= 11 is 14.5. The number of H-pyrrole nitrogens is 2. The molecule has 6 aliphatic rings. The van der Waals surface area contributed by atoms with E-state index >= 15 is 0 Å². The lowest BCUT2D eigenvalue weighted by atomic mass is 9.49. The molecule has 116 heavy (non-hydrogen) atoms. The van der Waals surface area contributed by atoms with E-state index in [9.17, 15) is 0 Å². The summed E-state index contributed by atoms with van der Waals surface area (Å²) < 4.78 is 51.3. The Hall–Kier alpha value is -7.63. The fourth-order valence-corrected chi connectivity index (χ4v) is 16.3. The average molecular weight is 1800 g/mol. The monoisotopic (exact) mass is 1800 g/mol. The summed E-state index contributed by atoms with van der Waals surface area (Å²) in [6, 6.07) is 34.2. The molecule has 0 amide bonds. The van der Waals surface area contributed by atoms with Crippen molar-refractivity contribution in [1.29, 1.82) is 26.3 Å². The zero-order chi connectivity index (χ0) is 84.8. The van der Waals surface area contributed by atoms with Crippen molar-refractivity contribution in [3.05, 3.63) is 146 Å². The Morgan fingerprint density at radius 1 is 0.491 bits per heavy atom. The minimum Gasteiger partial charge on any atom is -0.405 e. The van der Waals surface area contributed by atoms with Gasteiger partial charge in [0.25, 0.3) is 0 Å². The number of terminal acetylenes is 1. The third kappa shape index (κ3) is 25.2. The third-order valence-electron chi connectivity index (χ3n) is 20.5. The van der Waals surface area contributed by atoms with Gasteiger partial charge >= 0.3 is 28.3 Å². The lowest BCUT2D eigenvalue weighted by Crippen LogP contribution is -2.41. The Kier molecular flexibility index (Phi) is 31.1. The number of hydrogen-bond acceptors (Lipinski definition) is 26. The van der Waals surface area contributed by atoms with Gasteiger partial charge in [-0.25, -0.2) is 19.9 Å². The van der Waals surface area contributed by atoms with E-state index in [1.807, 2.05) is 189 Å². The van der Waals surface area contributed by atoms with Gasteiger partial charge in [-0.05, 0) is 216 Å². The maximum atomic E-state index is 8.80. The molecule has 0 unspecified atom stereocenters. The summed E-state index contributed by atoms with van der Waals surface area (Å²) in [5, 5.41) is 65.7. The quantitative estimate of drug-likeness (QED) is 0.0421. The molecule has 0 spiro atoms. The largest absolute Gasteiger partial charge is 0.505 e. The first-order valence-corrected chi connectivity index (χ1v) is 47.1. The van der Waals surface area contributed by atoms with Crippen LogP contribution in [-0.2, 0) is 69.3 Å². The maximum absolute atomic E-state index is 8.80. The first-order chi connectivity index (χ1) is 54.5. The number of hydrogen-bond donors (Lipinski definition) is 4. The number of rotatable bonds is 15. The summed E-state index contributed by atoms with van der Waals surface area (Å²) in [4.78, 5) is 23.7. The van der Waals surface area contributed by atoms with E-state index in [1.54, 1.807) is 57.7 Å². The minimum absolute atomic E-state index is 0.308. The van der Waals surface area contributed by atoms with Crippen LogP contribution in [0.15, 0.2) is 99.1 Å². The van der Waals surface area contributed by atoms with Crippen molar-refractivity contribution >= 4 is 158 Å². The van der Waals surface area contributed by atoms with E-state index < -0.39 is 22.1 Å². The molecular formula is C81H97B4Br2N15O8S5Si. The topological polar surface area (TPSA) is 326 Å². The molecular weight excluding hydrogens is 1700 g/mol. The van der Waals surface area contributed by atoms with Crippen LogP contribution in [0, 0.1) is 80.5 Å². The van der Waals surface area contributed by atoms with Gasteiger partial charge < -0.3 is 47.9 Å². The number of nitrogens with one attached hydrogen (secondary N) is 4. The highest BCUT2D eigenvalue weighted by molar-refractivity contribution is 9.11. The molecule has 35 heteroatoms. The van der Waals surface area contributed by atoms with E-state index in [0.29, 0.717) is 77.5 Å². The molecule has 0 bridgehead atoms. The van der Waals surface area contributed by atoms with Crippen LogP contribution in [0.5, 0.6) is 0 Å². The molecule has 4 aliphatic heterocycles. The number of halogens is 2. The standard InChI is InChI=1S/C18H14N6S.C15H18BrN5Si.C12H24B2O4.2C12H16BNO2S.C6H4BrNS.C6H5NS/c1-2-11-10-20-18(15-6-5-13(25-15)7-8-19)22-17(11)21-16-9-14(23-24-16)12-3-4-12;1-22(2,3)7-6-11-9-17-15(16)19-14(11)18-13-8-12(20-21-13)10-4-5-10;1-9(2)10(3,4)16-13(15-9)14-17-11(5,6)12(7,8)18-14;2*1-11(2)12(3,4)16-13(15-11)10-6-5-9(17-10)7-8-14;7-6-2-1-5(9-6)3-4-8;7-4-3-6-2-1-5-8-6/h1,5-6,9-10,12H,3-4,7H2,(H2,20,21,22,23,24);8-10H,4-5H2,1-3H3,(H2,17,18,19,20,21);1-8H3;2*5-6H,7H2,1-4H3;1-2H,3H2;1-2,5H,3H2. The van der Waals surface area contributed by atoms with E-state index in [4.69, 9.17) is 70.0 Å². The lowest BCUT2D eigenvalue weighted by molar-refractivity contribution is 0.00578. The predicted octanol–water partition coefficient (Wildman–Crippen LogP) is 18.3. The predicted molar refractivity (Wildman–Crippen MR) is 476 cm³/mol. The minimum atomic E-state index is -1.45. The number of nitriles is 5. The number of thiophene rings is 5. The molecule has 6 fully saturated rings. The highest BCUT2D eigenvalue weighted by Crippen LogP contribution is 2.45. The van der Waals surface area contributed by atoms with Gasteiger partial charge in [0.05, 0.1) is 127 Å². The van der Waals surface area contributed by atoms with Crippen LogP contribution in [0.4, 0.5) is 23.3 Å². The van der Waals surface area contributed by atoms with Crippen molar-refractivity contribution in [2.75, 3.05) is 10.6 Å². The second-order valence-electron chi connectivity index (χ2n) is 33.0. The van der Waals surface area contributed by atoms with Gasteiger partial charge in [0, 0.05) is 81.7 Å². The molecule has 9 aromatic rings. The van der Waals surface area contributed by atoms with Gasteiger partial charge in [-0.1, -0.05) is 49.7 Å². The van der Waals surface area contributed by atoms with Crippen LogP contribution in [-0.4, -0.2) is 121 Å².